The lowest BCUT2D eigenvalue weighted by atomic mass is 9.53. The minimum atomic E-state index is -0.159. The maximum Gasteiger partial charge on any atom is 0.318 e. The number of likely N-dealkylation sites (tertiary alicyclic amines) is 1. The monoisotopic (exact) mass is 406 g/mol. The topological polar surface area (TPSA) is 32.3 Å². The molecule has 0 aromatic rings. The number of amides is 2. The number of nitrogens with zero attached hydrogens (tertiary/aromatic N) is 1. The van der Waals surface area contributed by atoms with Crippen molar-refractivity contribution in [3.63, 3.8) is 0 Å². The number of rotatable bonds is 3. The van der Waals surface area contributed by atoms with Crippen LogP contribution in [-0.4, -0.2) is 45.5 Å². The van der Waals surface area contributed by atoms with Gasteiger partial charge in [-0.1, -0.05) is 49.5 Å². The first-order valence-electron chi connectivity index (χ1n) is 11.8. The molecule has 0 spiro atoms. The molecule has 1 heterocycles. The Hall–Kier alpha value is -0.300. The van der Waals surface area contributed by atoms with Crippen molar-refractivity contribution in [2.75, 3.05) is 12.7 Å². The molecule has 1 aliphatic heterocycles. The Morgan fingerprint density at radius 1 is 0.964 bits per heavy atom. The number of carbonyl (C=O) groups excluding carboxylic acids is 1. The van der Waals surface area contributed by atoms with Crippen LogP contribution < -0.4 is 5.32 Å². The molecule has 5 rings (SSSR count). The highest BCUT2D eigenvalue weighted by Crippen LogP contribution is 2.60. The summed E-state index contributed by atoms with van der Waals surface area (Å²) in [6, 6.07) is 0.709. The van der Waals surface area contributed by atoms with E-state index in [2.05, 4.69) is 51.8 Å². The van der Waals surface area contributed by atoms with Gasteiger partial charge in [-0.25, -0.2) is 4.79 Å². The highest BCUT2D eigenvalue weighted by molar-refractivity contribution is 7.60. The van der Waals surface area contributed by atoms with Crippen LogP contribution in [0.15, 0.2) is 0 Å². The number of urea groups is 1. The first-order valence-corrected chi connectivity index (χ1v) is 13.3. The van der Waals surface area contributed by atoms with Crippen LogP contribution in [0, 0.1) is 17.8 Å². The summed E-state index contributed by atoms with van der Waals surface area (Å²) in [5.41, 5.74) is 0.137. The number of hydrogen-bond acceptors (Lipinski definition) is 1. The summed E-state index contributed by atoms with van der Waals surface area (Å²) in [7, 11) is -0.159. The van der Waals surface area contributed by atoms with E-state index in [9.17, 15) is 4.79 Å². The molecular formula is C24H43N2OP. The maximum atomic E-state index is 13.4. The largest absolute Gasteiger partial charge is 0.333 e. The molecular weight excluding hydrogens is 363 g/mol. The molecule has 0 aromatic heterocycles. The normalized spacial score (nSPS) is 37.8. The molecule has 0 radical (unpaired) electrons. The van der Waals surface area contributed by atoms with Gasteiger partial charge in [0, 0.05) is 18.1 Å². The van der Waals surface area contributed by atoms with E-state index >= 15 is 0 Å². The van der Waals surface area contributed by atoms with Gasteiger partial charge >= 0.3 is 6.03 Å². The van der Waals surface area contributed by atoms with Gasteiger partial charge in [-0.2, -0.15) is 0 Å². The fraction of sp³-hybridized carbons (Fsp3) is 0.958. The molecule has 1 N–H and O–H groups in total. The second kappa shape index (κ2) is 7.14. The van der Waals surface area contributed by atoms with E-state index in [1.54, 1.807) is 0 Å². The summed E-state index contributed by atoms with van der Waals surface area (Å²) in [6.07, 6.45) is 11.6. The van der Waals surface area contributed by atoms with Gasteiger partial charge in [-0.15, -0.1) is 0 Å². The van der Waals surface area contributed by atoms with Crippen LogP contribution in [0.4, 0.5) is 4.79 Å². The van der Waals surface area contributed by atoms with Crippen molar-refractivity contribution in [3.8, 4) is 0 Å². The lowest BCUT2D eigenvalue weighted by Gasteiger charge is -2.57. The van der Waals surface area contributed by atoms with Crippen molar-refractivity contribution < 1.29 is 4.79 Å². The molecule has 4 aliphatic carbocycles. The molecule has 1 atom stereocenters. The minimum absolute atomic E-state index is 0.137. The smallest absolute Gasteiger partial charge is 0.318 e. The van der Waals surface area contributed by atoms with Crippen LogP contribution in [0.25, 0.3) is 0 Å². The van der Waals surface area contributed by atoms with E-state index in [1.165, 1.54) is 57.5 Å². The molecule has 0 aromatic carbocycles. The molecule has 5 aliphatic rings. The van der Waals surface area contributed by atoms with Gasteiger partial charge in [0.1, 0.15) is 0 Å². The van der Waals surface area contributed by atoms with Gasteiger partial charge < -0.3 is 10.2 Å². The first kappa shape index (κ1) is 21.0. The van der Waals surface area contributed by atoms with Gasteiger partial charge in [0.25, 0.3) is 0 Å². The van der Waals surface area contributed by atoms with Gasteiger partial charge in [0.15, 0.2) is 0 Å². The predicted molar refractivity (Wildman–Crippen MR) is 120 cm³/mol. The van der Waals surface area contributed by atoms with E-state index in [-0.39, 0.29) is 19.5 Å². The van der Waals surface area contributed by atoms with Gasteiger partial charge in [-0.05, 0) is 85.6 Å². The van der Waals surface area contributed by atoms with Crippen molar-refractivity contribution in [1.82, 2.24) is 10.2 Å². The highest BCUT2D eigenvalue weighted by atomic mass is 31.1. The molecule has 1 saturated heterocycles. The zero-order chi connectivity index (χ0) is 20.3. The standard InChI is InChI=1S/C24H43N2OP/c1-22(2,3)28(23(4,5)6)16-20-8-7-9-26(20)21(27)25-24-13-17-10-18(14-24)12-19(11-17)15-24/h17-20H,7-16H2,1-6H3,(H,25,27)/t17?,18?,19?,20-,24?/m0/s1. The Balaban J connectivity index is 1.44. The molecule has 28 heavy (non-hydrogen) atoms. The fourth-order valence-corrected chi connectivity index (χ4v) is 11.5. The summed E-state index contributed by atoms with van der Waals surface area (Å²) < 4.78 is 0. The third kappa shape index (κ3) is 4.12. The molecule has 4 heteroatoms. The molecule has 0 unspecified atom stereocenters. The minimum Gasteiger partial charge on any atom is -0.333 e. The second-order valence-electron chi connectivity index (χ2n) is 12.6. The van der Waals surface area contributed by atoms with Gasteiger partial charge in [0.2, 0.25) is 0 Å². The molecule has 4 bridgehead atoms. The van der Waals surface area contributed by atoms with Crippen LogP contribution in [0.1, 0.15) is 92.9 Å². The molecule has 3 nitrogen and oxygen atoms in total. The zero-order valence-corrected chi connectivity index (χ0v) is 20.1. The molecule has 160 valence electrons. The van der Waals surface area contributed by atoms with E-state index in [1.807, 2.05) is 0 Å². The number of hydrogen-bond donors (Lipinski definition) is 1. The SMILES string of the molecule is CC(C)(C)P(C[C@@H]1CCCN1C(=O)NC12CC3CC(CC(C3)C1)C2)C(C)(C)C. The third-order valence-electron chi connectivity index (χ3n) is 8.06. The van der Waals surface area contributed by atoms with Crippen molar-refractivity contribution in [2.24, 2.45) is 17.8 Å². The quantitative estimate of drug-likeness (QED) is 0.555. The van der Waals surface area contributed by atoms with Gasteiger partial charge in [0.05, 0.1) is 0 Å². The summed E-state index contributed by atoms with van der Waals surface area (Å²) in [5.74, 6) is 2.65. The van der Waals surface area contributed by atoms with Crippen molar-refractivity contribution in [1.29, 1.82) is 0 Å². The first-order chi connectivity index (χ1) is 13.0. The summed E-state index contributed by atoms with van der Waals surface area (Å²) in [6.45, 7) is 15.4. The second-order valence-corrected chi connectivity index (χ2v) is 16.5. The van der Waals surface area contributed by atoms with Gasteiger partial charge in [-0.3, -0.25) is 0 Å². The Morgan fingerprint density at radius 2 is 1.46 bits per heavy atom. The van der Waals surface area contributed by atoms with Crippen LogP contribution >= 0.6 is 7.92 Å². The average Bonchev–Trinajstić information content (AvgIpc) is 2.97. The Labute approximate surface area is 174 Å². The lowest BCUT2D eigenvalue weighted by molar-refractivity contribution is -0.0157. The van der Waals surface area contributed by atoms with Crippen molar-refractivity contribution >= 4 is 14.0 Å². The summed E-state index contributed by atoms with van der Waals surface area (Å²) in [5, 5.41) is 4.30. The highest BCUT2D eigenvalue weighted by Gasteiger charge is 2.52. The summed E-state index contributed by atoms with van der Waals surface area (Å²) >= 11 is 0. The molecule has 2 amide bonds. The van der Waals surface area contributed by atoms with Crippen LogP contribution in [-0.2, 0) is 0 Å². The lowest BCUT2D eigenvalue weighted by Crippen LogP contribution is -2.62. The van der Waals surface area contributed by atoms with E-state index in [0.29, 0.717) is 16.4 Å². The molecule has 4 saturated carbocycles. The molecule has 5 fully saturated rings. The van der Waals surface area contributed by atoms with E-state index in [4.69, 9.17) is 0 Å². The maximum absolute atomic E-state index is 13.4. The van der Waals surface area contributed by atoms with Crippen LogP contribution in [0.3, 0.4) is 0 Å². The number of nitrogens with one attached hydrogen (secondary N) is 1. The fourth-order valence-electron chi connectivity index (χ4n) is 7.62. The Kier molecular flexibility index (Phi) is 5.34. The van der Waals surface area contributed by atoms with E-state index < -0.39 is 0 Å². The van der Waals surface area contributed by atoms with Crippen LogP contribution in [0.2, 0.25) is 0 Å². The van der Waals surface area contributed by atoms with Crippen molar-refractivity contribution in [3.05, 3.63) is 0 Å². The average molecular weight is 407 g/mol. The van der Waals surface area contributed by atoms with Crippen LogP contribution in [0.5, 0.6) is 0 Å². The third-order valence-corrected chi connectivity index (χ3v) is 12.1. The Bertz CT molecular complexity index is 553. The van der Waals surface area contributed by atoms with Crippen molar-refractivity contribution in [2.45, 2.75) is 115 Å². The Morgan fingerprint density at radius 3 is 1.93 bits per heavy atom. The van der Waals surface area contributed by atoms with E-state index in [0.717, 1.165) is 24.3 Å². The summed E-state index contributed by atoms with van der Waals surface area (Å²) in [4.78, 5) is 15.7. The number of carbonyl (C=O) groups is 1. The zero-order valence-electron chi connectivity index (χ0n) is 19.2. The predicted octanol–water partition coefficient (Wildman–Crippen LogP) is 6.21.